The Bertz CT molecular complexity index is 437. The lowest BCUT2D eigenvalue weighted by Gasteiger charge is -2.06. The molecule has 18 heavy (non-hydrogen) atoms. The summed E-state index contributed by atoms with van der Waals surface area (Å²) in [6, 6.07) is 8.20. The zero-order valence-corrected chi connectivity index (χ0v) is 10.6. The standard InChI is InChI=1S/C14H19N3O/c1-2-18-14-5-3-12(4-6-14)9-15-8-7-13-10-16-11-17-13/h3-6,10-11,15H,2,7-9H2,1H3,(H,16,17). The Balaban J connectivity index is 1.69. The van der Waals surface area contributed by atoms with Gasteiger partial charge in [-0.3, -0.25) is 0 Å². The van der Waals surface area contributed by atoms with E-state index in [2.05, 4.69) is 27.4 Å². The van der Waals surface area contributed by atoms with E-state index in [1.54, 1.807) is 6.33 Å². The molecule has 0 saturated carbocycles. The van der Waals surface area contributed by atoms with E-state index >= 15 is 0 Å². The van der Waals surface area contributed by atoms with E-state index in [1.165, 1.54) is 5.56 Å². The van der Waals surface area contributed by atoms with Crippen LogP contribution in [0.3, 0.4) is 0 Å². The topological polar surface area (TPSA) is 49.9 Å². The summed E-state index contributed by atoms with van der Waals surface area (Å²) < 4.78 is 5.40. The van der Waals surface area contributed by atoms with Gasteiger partial charge in [0.25, 0.3) is 0 Å². The predicted octanol–water partition coefficient (Wildman–Crippen LogP) is 2.14. The van der Waals surface area contributed by atoms with Crippen LogP contribution >= 0.6 is 0 Å². The fraction of sp³-hybridized carbons (Fsp3) is 0.357. The number of aromatic amines is 1. The second-order valence-corrected chi connectivity index (χ2v) is 4.08. The number of nitrogens with zero attached hydrogens (tertiary/aromatic N) is 1. The second-order valence-electron chi connectivity index (χ2n) is 4.08. The van der Waals surface area contributed by atoms with Gasteiger partial charge in [-0.05, 0) is 24.6 Å². The maximum Gasteiger partial charge on any atom is 0.119 e. The third kappa shape index (κ3) is 3.89. The van der Waals surface area contributed by atoms with Crippen LogP contribution in [0.2, 0.25) is 0 Å². The average Bonchev–Trinajstić information content (AvgIpc) is 2.90. The number of hydrogen-bond donors (Lipinski definition) is 2. The summed E-state index contributed by atoms with van der Waals surface area (Å²) >= 11 is 0. The minimum absolute atomic E-state index is 0.710. The van der Waals surface area contributed by atoms with Crippen molar-refractivity contribution >= 4 is 0 Å². The number of H-pyrrole nitrogens is 1. The second kappa shape index (κ2) is 6.81. The monoisotopic (exact) mass is 245 g/mol. The molecule has 96 valence electrons. The molecule has 0 saturated heterocycles. The fourth-order valence-electron chi connectivity index (χ4n) is 1.75. The molecule has 2 aromatic rings. The fourth-order valence-corrected chi connectivity index (χ4v) is 1.75. The maximum atomic E-state index is 5.40. The van der Waals surface area contributed by atoms with Crippen LogP contribution in [0.1, 0.15) is 18.2 Å². The molecule has 0 aliphatic rings. The van der Waals surface area contributed by atoms with Gasteiger partial charge in [-0.25, -0.2) is 4.98 Å². The van der Waals surface area contributed by atoms with Crippen LogP contribution in [0, 0.1) is 0 Å². The van der Waals surface area contributed by atoms with Gasteiger partial charge in [0, 0.05) is 31.4 Å². The molecule has 0 aliphatic heterocycles. The number of imidazole rings is 1. The Labute approximate surface area is 107 Å². The Morgan fingerprint density at radius 2 is 2.11 bits per heavy atom. The van der Waals surface area contributed by atoms with Crippen LogP contribution in [0.4, 0.5) is 0 Å². The molecule has 0 bridgehead atoms. The molecule has 0 fully saturated rings. The molecule has 0 atom stereocenters. The van der Waals surface area contributed by atoms with Crippen molar-refractivity contribution in [2.45, 2.75) is 19.9 Å². The number of hydrogen-bond acceptors (Lipinski definition) is 3. The third-order valence-corrected chi connectivity index (χ3v) is 2.69. The van der Waals surface area contributed by atoms with Crippen molar-refractivity contribution in [1.29, 1.82) is 0 Å². The van der Waals surface area contributed by atoms with Crippen LogP contribution in [0.5, 0.6) is 5.75 Å². The van der Waals surface area contributed by atoms with Gasteiger partial charge in [0.2, 0.25) is 0 Å². The van der Waals surface area contributed by atoms with Gasteiger partial charge in [0.1, 0.15) is 5.75 Å². The molecule has 4 nitrogen and oxygen atoms in total. The van der Waals surface area contributed by atoms with Crippen molar-refractivity contribution in [3.63, 3.8) is 0 Å². The number of nitrogens with one attached hydrogen (secondary N) is 2. The summed E-state index contributed by atoms with van der Waals surface area (Å²) in [4.78, 5) is 7.08. The van der Waals surface area contributed by atoms with Gasteiger partial charge in [-0.1, -0.05) is 12.1 Å². The number of rotatable bonds is 7. The van der Waals surface area contributed by atoms with E-state index in [4.69, 9.17) is 4.74 Å². The summed E-state index contributed by atoms with van der Waals surface area (Å²) in [5.41, 5.74) is 2.43. The highest BCUT2D eigenvalue weighted by Gasteiger charge is 1.96. The zero-order valence-electron chi connectivity index (χ0n) is 10.6. The molecule has 1 aromatic carbocycles. The van der Waals surface area contributed by atoms with Crippen LogP contribution in [-0.2, 0) is 13.0 Å². The van der Waals surface area contributed by atoms with Gasteiger partial charge in [-0.2, -0.15) is 0 Å². The van der Waals surface area contributed by atoms with Crippen molar-refractivity contribution in [2.24, 2.45) is 0 Å². The molecule has 0 spiro atoms. The molecular weight excluding hydrogens is 226 g/mol. The van der Waals surface area contributed by atoms with E-state index in [0.717, 1.165) is 31.0 Å². The van der Waals surface area contributed by atoms with Gasteiger partial charge in [-0.15, -0.1) is 0 Å². The molecule has 1 aromatic heterocycles. The summed E-state index contributed by atoms with van der Waals surface area (Å²) in [5, 5.41) is 3.40. The first-order chi connectivity index (χ1) is 8.88. The highest BCUT2D eigenvalue weighted by atomic mass is 16.5. The first-order valence-corrected chi connectivity index (χ1v) is 6.28. The normalized spacial score (nSPS) is 10.5. The van der Waals surface area contributed by atoms with Crippen molar-refractivity contribution in [2.75, 3.05) is 13.2 Å². The summed E-state index contributed by atoms with van der Waals surface area (Å²) in [6.07, 6.45) is 4.54. The van der Waals surface area contributed by atoms with Crippen molar-refractivity contribution in [1.82, 2.24) is 15.3 Å². The Morgan fingerprint density at radius 1 is 1.28 bits per heavy atom. The lowest BCUT2D eigenvalue weighted by atomic mass is 10.2. The van der Waals surface area contributed by atoms with Gasteiger partial charge in [0.15, 0.2) is 0 Å². The average molecular weight is 245 g/mol. The summed E-state index contributed by atoms with van der Waals surface area (Å²) in [7, 11) is 0. The molecule has 4 heteroatoms. The SMILES string of the molecule is CCOc1ccc(CNCCc2cnc[nH]2)cc1. The van der Waals surface area contributed by atoms with E-state index in [-0.39, 0.29) is 0 Å². The molecular formula is C14H19N3O. The zero-order chi connectivity index (χ0) is 12.6. The largest absolute Gasteiger partial charge is 0.494 e. The molecule has 0 amide bonds. The highest BCUT2D eigenvalue weighted by Crippen LogP contribution is 2.11. The molecule has 2 rings (SSSR count). The van der Waals surface area contributed by atoms with Crippen LogP contribution in [0.15, 0.2) is 36.8 Å². The Hall–Kier alpha value is -1.81. The smallest absolute Gasteiger partial charge is 0.119 e. The van der Waals surface area contributed by atoms with E-state index in [0.29, 0.717) is 6.61 Å². The maximum absolute atomic E-state index is 5.40. The van der Waals surface area contributed by atoms with Gasteiger partial charge in [0.05, 0.1) is 12.9 Å². The minimum atomic E-state index is 0.710. The van der Waals surface area contributed by atoms with Crippen molar-refractivity contribution < 1.29 is 4.74 Å². The lowest BCUT2D eigenvalue weighted by molar-refractivity contribution is 0.340. The Morgan fingerprint density at radius 3 is 2.78 bits per heavy atom. The number of ether oxygens (including phenoxy) is 1. The van der Waals surface area contributed by atoms with Gasteiger partial charge >= 0.3 is 0 Å². The van der Waals surface area contributed by atoms with Gasteiger partial charge < -0.3 is 15.0 Å². The first kappa shape index (κ1) is 12.6. The van der Waals surface area contributed by atoms with Crippen molar-refractivity contribution in [3.8, 4) is 5.75 Å². The molecule has 0 unspecified atom stereocenters. The number of aromatic nitrogens is 2. The predicted molar refractivity (Wildman–Crippen MR) is 71.6 cm³/mol. The quantitative estimate of drug-likeness (QED) is 0.735. The molecule has 1 heterocycles. The van der Waals surface area contributed by atoms with Crippen molar-refractivity contribution in [3.05, 3.63) is 48.0 Å². The highest BCUT2D eigenvalue weighted by molar-refractivity contribution is 5.27. The van der Waals surface area contributed by atoms with Crippen LogP contribution in [-0.4, -0.2) is 23.1 Å². The Kier molecular flexibility index (Phi) is 4.78. The molecule has 0 aliphatic carbocycles. The minimum Gasteiger partial charge on any atom is -0.494 e. The third-order valence-electron chi connectivity index (χ3n) is 2.69. The lowest BCUT2D eigenvalue weighted by Crippen LogP contribution is -2.16. The summed E-state index contributed by atoms with van der Waals surface area (Å²) in [6.45, 7) is 4.52. The molecule has 0 radical (unpaired) electrons. The van der Waals surface area contributed by atoms with E-state index < -0.39 is 0 Å². The first-order valence-electron chi connectivity index (χ1n) is 6.28. The molecule has 2 N–H and O–H groups in total. The van der Waals surface area contributed by atoms with Crippen LogP contribution < -0.4 is 10.1 Å². The van der Waals surface area contributed by atoms with E-state index in [9.17, 15) is 0 Å². The summed E-state index contributed by atoms with van der Waals surface area (Å²) in [5.74, 6) is 0.929. The number of benzene rings is 1. The van der Waals surface area contributed by atoms with E-state index in [1.807, 2.05) is 25.3 Å². The van der Waals surface area contributed by atoms with Crippen LogP contribution in [0.25, 0.3) is 0 Å².